The fourth-order valence-electron chi connectivity index (χ4n) is 2.21. The van der Waals surface area contributed by atoms with Gasteiger partial charge in [-0.05, 0) is 59.5 Å². The Morgan fingerprint density at radius 2 is 2.19 bits per heavy atom. The molecule has 2 rings (SSSR count). The average Bonchev–Trinajstić information content (AvgIpc) is 2.15. The molecule has 0 aliphatic heterocycles. The summed E-state index contributed by atoms with van der Waals surface area (Å²) >= 11 is 2.26. The number of benzene rings is 1. The van der Waals surface area contributed by atoms with Gasteiger partial charge in [-0.15, -0.1) is 0 Å². The van der Waals surface area contributed by atoms with Gasteiger partial charge in [-0.1, -0.05) is 0 Å². The molecule has 4 heteroatoms. The molecule has 1 aromatic carbocycles. The molecule has 16 heavy (non-hydrogen) atoms. The van der Waals surface area contributed by atoms with Crippen molar-refractivity contribution < 1.29 is 5.11 Å². The molecule has 3 N–H and O–H groups in total. The molecule has 0 atom stereocenters. The van der Waals surface area contributed by atoms with Crippen molar-refractivity contribution in [2.75, 3.05) is 24.2 Å². The molecule has 0 amide bonds. The van der Waals surface area contributed by atoms with Crippen molar-refractivity contribution in [3.05, 3.63) is 21.8 Å². The molecule has 1 fully saturated rings. The topological polar surface area (TPSA) is 49.5 Å². The van der Waals surface area contributed by atoms with Crippen LogP contribution in [0.25, 0.3) is 0 Å². The maximum atomic E-state index is 9.25. The molecule has 0 saturated heterocycles. The fraction of sp³-hybridized carbons (Fsp3) is 0.500. The first kappa shape index (κ1) is 12.0. The Bertz CT molecular complexity index is 377. The van der Waals surface area contributed by atoms with Gasteiger partial charge < -0.3 is 15.7 Å². The lowest BCUT2D eigenvalue weighted by Crippen LogP contribution is -2.37. The third kappa shape index (κ3) is 2.60. The number of anilines is 2. The van der Waals surface area contributed by atoms with E-state index in [0.717, 1.165) is 34.3 Å². The fourth-order valence-corrected chi connectivity index (χ4v) is 2.72. The summed E-state index contributed by atoms with van der Waals surface area (Å²) in [6, 6.07) is 6.12. The summed E-state index contributed by atoms with van der Waals surface area (Å²) in [6.45, 7) is 0.974. The number of hydrogen-bond donors (Lipinski definition) is 2. The van der Waals surface area contributed by atoms with Crippen LogP contribution in [-0.2, 0) is 0 Å². The quantitative estimate of drug-likeness (QED) is 0.658. The van der Waals surface area contributed by atoms with Crippen molar-refractivity contribution >= 4 is 34.0 Å². The minimum absolute atomic E-state index is 0.0764. The number of nitrogens with zero attached hydrogens (tertiary/aromatic N) is 1. The number of halogens is 1. The van der Waals surface area contributed by atoms with E-state index < -0.39 is 0 Å². The minimum atomic E-state index is -0.0764. The predicted molar refractivity (Wildman–Crippen MR) is 75.6 cm³/mol. The van der Waals surface area contributed by atoms with E-state index in [-0.39, 0.29) is 6.10 Å². The highest BCUT2D eigenvalue weighted by molar-refractivity contribution is 14.1. The molecular weight excluding hydrogens is 315 g/mol. The van der Waals surface area contributed by atoms with Gasteiger partial charge in [-0.2, -0.15) is 0 Å². The number of aliphatic hydroxyl groups excluding tert-OH is 1. The van der Waals surface area contributed by atoms with Gasteiger partial charge in [0.25, 0.3) is 0 Å². The third-order valence-electron chi connectivity index (χ3n) is 3.14. The zero-order valence-corrected chi connectivity index (χ0v) is 11.5. The van der Waals surface area contributed by atoms with Crippen molar-refractivity contribution in [2.24, 2.45) is 5.92 Å². The Morgan fingerprint density at radius 3 is 2.75 bits per heavy atom. The molecule has 88 valence electrons. The monoisotopic (exact) mass is 332 g/mol. The highest BCUT2D eigenvalue weighted by Crippen LogP contribution is 2.31. The largest absolute Gasteiger partial charge is 0.397 e. The van der Waals surface area contributed by atoms with E-state index in [1.165, 1.54) is 0 Å². The molecule has 0 heterocycles. The lowest BCUT2D eigenvalue weighted by Gasteiger charge is -2.35. The molecule has 0 spiro atoms. The van der Waals surface area contributed by atoms with Crippen LogP contribution in [0.1, 0.15) is 12.8 Å². The summed E-state index contributed by atoms with van der Waals surface area (Å²) in [5, 5.41) is 9.25. The molecule has 1 aliphatic rings. The van der Waals surface area contributed by atoms with Crippen molar-refractivity contribution in [3.63, 3.8) is 0 Å². The number of aliphatic hydroxyl groups is 1. The van der Waals surface area contributed by atoms with Crippen LogP contribution < -0.4 is 10.6 Å². The Kier molecular flexibility index (Phi) is 3.59. The van der Waals surface area contributed by atoms with Gasteiger partial charge >= 0.3 is 0 Å². The van der Waals surface area contributed by atoms with E-state index >= 15 is 0 Å². The predicted octanol–water partition coefficient (Wildman–Crippen LogP) is 2.08. The van der Waals surface area contributed by atoms with E-state index in [4.69, 9.17) is 5.73 Å². The molecule has 3 nitrogen and oxygen atoms in total. The van der Waals surface area contributed by atoms with E-state index in [1.54, 1.807) is 0 Å². The summed E-state index contributed by atoms with van der Waals surface area (Å²) in [4.78, 5) is 2.18. The lowest BCUT2D eigenvalue weighted by molar-refractivity contribution is 0.0465. The van der Waals surface area contributed by atoms with Crippen molar-refractivity contribution in [2.45, 2.75) is 18.9 Å². The summed E-state index contributed by atoms with van der Waals surface area (Å²) in [5.74, 6) is 0.610. The zero-order valence-electron chi connectivity index (χ0n) is 9.36. The normalized spacial score (nSPS) is 23.9. The Labute approximate surface area is 110 Å². The molecule has 0 aromatic heterocycles. The Morgan fingerprint density at radius 1 is 1.50 bits per heavy atom. The standard InChI is InChI=1S/C12H17IN2O/c1-15(7-8-4-10(16)5-8)12-3-2-9(13)6-11(12)14/h2-3,6,8,10,16H,4-5,7,14H2,1H3. The minimum Gasteiger partial charge on any atom is -0.397 e. The molecule has 1 aliphatic carbocycles. The van der Waals surface area contributed by atoms with Crippen LogP contribution >= 0.6 is 22.6 Å². The van der Waals surface area contributed by atoms with Gasteiger partial charge in [0, 0.05) is 17.2 Å². The van der Waals surface area contributed by atoms with Gasteiger partial charge in [-0.3, -0.25) is 0 Å². The molecule has 1 aromatic rings. The summed E-state index contributed by atoms with van der Waals surface area (Å²) in [5.41, 5.74) is 7.90. The Balaban J connectivity index is 2.00. The first-order valence-corrected chi connectivity index (χ1v) is 6.58. The second-order valence-electron chi connectivity index (χ2n) is 4.57. The molecular formula is C12H17IN2O. The molecule has 0 bridgehead atoms. The van der Waals surface area contributed by atoms with Crippen molar-refractivity contribution in [3.8, 4) is 0 Å². The van der Waals surface area contributed by atoms with Crippen molar-refractivity contribution in [1.82, 2.24) is 0 Å². The van der Waals surface area contributed by atoms with Crippen LogP contribution in [-0.4, -0.2) is 24.8 Å². The highest BCUT2D eigenvalue weighted by Gasteiger charge is 2.28. The number of nitrogens with two attached hydrogens (primary N) is 1. The Hall–Kier alpha value is -0.490. The third-order valence-corrected chi connectivity index (χ3v) is 3.81. The van der Waals surface area contributed by atoms with Crippen LogP contribution in [0.15, 0.2) is 18.2 Å². The maximum absolute atomic E-state index is 9.25. The van der Waals surface area contributed by atoms with Crippen LogP contribution in [0.3, 0.4) is 0 Å². The molecule has 0 radical (unpaired) electrons. The summed E-state index contributed by atoms with van der Waals surface area (Å²) < 4.78 is 1.16. The SMILES string of the molecule is CN(CC1CC(O)C1)c1ccc(I)cc1N. The van der Waals surface area contributed by atoms with Crippen LogP contribution in [0.5, 0.6) is 0 Å². The average molecular weight is 332 g/mol. The summed E-state index contributed by atoms with van der Waals surface area (Å²) in [7, 11) is 2.06. The van der Waals surface area contributed by atoms with Crippen LogP contribution in [0, 0.1) is 9.49 Å². The smallest absolute Gasteiger partial charge is 0.0598 e. The van der Waals surface area contributed by atoms with E-state index in [9.17, 15) is 5.11 Å². The summed E-state index contributed by atoms with van der Waals surface area (Å²) in [6.07, 6.45) is 1.77. The van der Waals surface area contributed by atoms with Gasteiger partial charge in [0.1, 0.15) is 0 Å². The van der Waals surface area contributed by atoms with E-state index in [1.807, 2.05) is 6.07 Å². The second kappa shape index (κ2) is 4.79. The highest BCUT2D eigenvalue weighted by atomic mass is 127. The van der Waals surface area contributed by atoms with E-state index in [0.29, 0.717) is 5.92 Å². The van der Waals surface area contributed by atoms with Gasteiger partial charge in [-0.25, -0.2) is 0 Å². The first-order valence-electron chi connectivity index (χ1n) is 5.50. The van der Waals surface area contributed by atoms with Gasteiger partial charge in [0.15, 0.2) is 0 Å². The first-order chi connectivity index (χ1) is 7.56. The van der Waals surface area contributed by atoms with Crippen molar-refractivity contribution in [1.29, 1.82) is 0 Å². The zero-order chi connectivity index (χ0) is 11.7. The molecule has 0 unspecified atom stereocenters. The van der Waals surface area contributed by atoms with Gasteiger partial charge in [0.05, 0.1) is 17.5 Å². The number of rotatable bonds is 3. The van der Waals surface area contributed by atoms with E-state index in [2.05, 4.69) is 46.7 Å². The van der Waals surface area contributed by atoms with Gasteiger partial charge in [0.2, 0.25) is 0 Å². The second-order valence-corrected chi connectivity index (χ2v) is 5.82. The van der Waals surface area contributed by atoms with Crippen LogP contribution in [0.4, 0.5) is 11.4 Å². The van der Waals surface area contributed by atoms with Crippen LogP contribution in [0.2, 0.25) is 0 Å². The number of nitrogen functional groups attached to an aromatic ring is 1. The number of hydrogen-bond acceptors (Lipinski definition) is 3. The maximum Gasteiger partial charge on any atom is 0.0598 e. The lowest BCUT2D eigenvalue weighted by atomic mass is 9.82. The molecule has 1 saturated carbocycles.